The molecule has 1 spiro atoms. The number of hydrogen-bond acceptors (Lipinski definition) is 4. The number of carbonyl (C=O) groups is 1. The molecule has 1 fully saturated rings. The number of rotatable bonds is 2. The van der Waals surface area contributed by atoms with E-state index in [1.54, 1.807) is 6.07 Å². The lowest BCUT2D eigenvalue weighted by Gasteiger charge is -2.42. The zero-order valence-corrected chi connectivity index (χ0v) is 14.7. The molecule has 1 aromatic heterocycles. The summed E-state index contributed by atoms with van der Waals surface area (Å²) in [6.45, 7) is 0.619. The Morgan fingerprint density at radius 1 is 1.33 bits per heavy atom. The van der Waals surface area contributed by atoms with E-state index in [-0.39, 0.29) is 6.03 Å². The summed E-state index contributed by atoms with van der Waals surface area (Å²) >= 11 is 6.47. The highest BCUT2D eigenvalue weighted by molar-refractivity contribution is 6.35. The van der Waals surface area contributed by atoms with Gasteiger partial charge in [-0.25, -0.2) is 9.78 Å². The van der Waals surface area contributed by atoms with E-state index < -0.39 is 5.54 Å². The van der Waals surface area contributed by atoms with Gasteiger partial charge < -0.3 is 20.0 Å². The molecule has 0 bridgehead atoms. The first-order valence-electron chi connectivity index (χ1n) is 8.35. The van der Waals surface area contributed by atoms with Gasteiger partial charge in [-0.05, 0) is 33.0 Å². The summed E-state index contributed by atoms with van der Waals surface area (Å²) in [7, 11) is 3.95. The minimum Gasteiger partial charge on any atom is -0.439 e. The van der Waals surface area contributed by atoms with Crippen molar-refractivity contribution in [1.82, 2.24) is 15.2 Å². The Morgan fingerprint density at radius 3 is 2.79 bits per heavy atom. The summed E-state index contributed by atoms with van der Waals surface area (Å²) < 4.78 is 6.09. The topological polar surface area (TPSA) is 70.4 Å². The SMILES string of the molecule is CN(C)Cc1nc2cc(Cl)c3c(c2o1)C1(CCCCC1)NC(=O)N3. The van der Waals surface area contributed by atoms with E-state index >= 15 is 0 Å². The molecule has 0 radical (unpaired) electrons. The molecule has 1 saturated carbocycles. The van der Waals surface area contributed by atoms with Gasteiger partial charge in [0.15, 0.2) is 5.58 Å². The number of aromatic nitrogens is 1. The lowest BCUT2D eigenvalue weighted by atomic mass is 9.74. The van der Waals surface area contributed by atoms with E-state index in [2.05, 4.69) is 15.6 Å². The van der Waals surface area contributed by atoms with E-state index in [4.69, 9.17) is 16.0 Å². The molecule has 1 aromatic carbocycles. The highest BCUT2D eigenvalue weighted by atomic mass is 35.5. The van der Waals surface area contributed by atoms with E-state index in [1.807, 2.05) is 19.0 Å². The Morgan fingerprint density at radius 2 is 2.08 bits per heavy atom. The molecule has 0 saturated heterocycles. The number of nitrogens with zero attached hydrogens (tertiary/aromatic N) is 2. The number of carbonyl (C=O) groups excluding carboxylic acids is 1. The Labute approximate surface area is 145 Å². The lowest BCUT2D eigenvalue weighted by Crippen LogP contribution is -2.52. The number of halogens is 1. The maximum Gasteiger partial charge on any atom is 0.319 e. The van der Waals surface area contributed by atoms with Crippen molar-refractivity contribution in [3.8, 4) is 0 Å². The van der Waals surface area contributed by atoms with Crippen LogP contribution in [0.15, 0.2) is 10.5 Å². The van der Waals surface area contributed by atoms with Crippen molar-refractivity contribution in [2.45, 2.75) is 44.2 Å². The molecular weight excluding hydrogens is 328 g/mol. The molecule has 6 nitrogen and oxygen atoms in total. The predicted octanol–water partition coefficient (Wildman–Crippen LogP) is 3.84. The summed E-state index contributed by atoms with van der Waals surface area (Å²) in [4.78, 5) is 18.8. The number of urea groups is 1. The molecule has 2 aromatic rings. The minimum atomic E-state index is -0.409. The molecule has 0 atom stereocenters. The first kappa shape index (κ1) is 15.7. The second-order valence-electron chi connectivity index (χ2n) is 7.02. The number of hydrogen-bond donors (Lipinski definition) is 2. The number of anilines is 1. The number of amides is 2. The van der Waals surface area contributed by atoms with Crippen LogP contribution in [0.5, 0.6) is 0 Å². The molecule has 2 heterocycles. The van der Waals surface area contributed by atoms with Crippen LogP contribution in [0.2, 0.25) is 5.02 Å². The fraction of sp³-hybridized carbons (Fsp3) is 0.529. The number of fused-ring (bicyclic) bond motifs is 4. The minimum absolute atomic E-state index is 0.196. The van der Waals surface area contributed by atoms with Crippen LogP contribution in [0.3, 0.4) is 0 Å². The Bertz CT molecular complexity index is 809. The largest absolute Gasteiger partial charge is 0.439 e. The van der Waals surface area contributed by atoms with Crippen LogP contribution >= 0.6 is 11.6 Å². The summed E-state index contributed by atoms with van der Waals surface area (Å²) in [5, 5.41) is 6.53. The molecule has 2 aliphatic rings. The maximum absolute atomic E-state index is 12.2. The van der Waals surface area contributed by atoms with Gasteiger partial charge in [-0.3, -0.25) is 0 Å². The van der Waals surface area contributed by atoms with E-state index in [1.165, 1.54) is 6.42 Å². The van der Waals surface area contributed by atoms with Crippen molar-refractivity contribution in [3.63, 3.8) is 0 Å². The molecule has 24 heavy (non-hydrogen) atoms. The Kier molecular flexibility index (Phi) is 3.69. The van der Waals surface area contributed by atoms with Crippen LogP contribution in [-0.2, 0) is 12.1 Å². The second-order valence-corrected chi connectivity index (χ2v) is 7.43. The average Bonchev–Trinajstić information content (AvgIpc) is 2.88. The third-order valence-electron chi connectivity index (χ3n) is 4.91. The van der Waals surface area contributed by atoms with Crippen molar-refractivity contribution in [2.24, 2.45) is 0 Å². The zero-order valence-electron chi connectivity index (χ0n) is 13.9. The van der Waals surface area contributed by atoms with Gasteiger partial charge in [-0.2, -0.15) is 0 Å². The van der Waals surface area contributed by atoms with Gasteiger partial charge in [0.05, 0.1) is 22.8 Å². The normalized spacial score (nSPS) is 19.4. The van der Waals surface area contributed by atoms with Crippen LogP contribution in [0.1, 0.15) is 43.6 Å². The first-order chi connectivity index (χ1) is 11.5. The summed E-state index contributed by atoms with van der Waals surface area (Å²) in [5.41, 5.74) is 2.71. The molecule has 1 aliphatic heterocycles. The molecular formula is C17H21ClN4O2. The van der Waals surface area contributed by atoms with Gasteiger partial charge in [0.1, 0.15) is 5.52 Å². The summed E-state index contributed by atoms with van der Waals surface area (Å²) in [6, 6.07) is 1.58. The van der Waals surface area contributed by atoms with Crippen molar-refractivity contribution in [1.29, 1.82) is 0 Å². The highest BCUT2D eigenvalue weighted by Crippen LogP contribution is 2.48. The quantitative estimate of drug-likeness (QED) is 0.865. The lowest BCUT2D eigenvalue weighted by molar-refractivity contribution is 0.208. The van der Waals surface area contributed by atoms with Gasteiger partial charge in [0.25, 0.3) is 0 Å². The summed E-state index contributed by atoms with van der Waals surface area (Å²) in [6.07, 6.45) is 5.13. The fourth-order valence-electron chi connectivity index (χ4n) is 3.95. The molecule has 1 aliphatic carbocycles. The van der Waals surface area contributed by atoms with Gasteiger partial charge in [-0.15, -0.1) is 0 Å². The monoisotopic (exact) mass is 348 g/mol. The van der Waals surface area contributed by atoms with Gasteiger partial charge in [0.2, 0.25) is 5.89 Å². The standard InChI is InChI=1S/C17H21ClN4O2/c1-22(2)9-12-19-11-8-10(18)14-13(15(11)24-12)17(21-16(23)20-14)6-4-3-5-7-17/h8H,3-7,9H2,1-2H3,(H2,20,21,23). The second kappa shape index (κ2) is 5.63. The average molecular weight is 349 g/mol. The van der Waals surface area contributed by atoms with Crippen molar-refractivity contribution < 1.29 is 9.21 Å². The third kappa shape index (κ3) is 2.45. The van der Waals surface area contributed by atoms with E-state index in [0.717, 1.165) is 42.3 Å². The van der Waals surface area contributed by atoms with Gasteiger partial charge in [0, 0.05) is 5.56 Å². The maximum atomic E-state index is 12.2. The fourth-order valence-corrected chi connectivity index (χ4v) is 4.20. The van der Waals surface area contributed by atoms with Crippen molar-refractivity contribution in [2.75, 3.05) is 19.4 Å². The van der Waals surface area contributed by atoms with Gasteiger partial charge in [-0.1, -0.05) is 30.9 Å². The number of nitrogens with one attached hydrogen (secondary N) is 2. The first-order valence-corrected chi connectivity index (χ1v) is 8.73. The van der Waals surface area contributed by atoms with Crippen LogP contribution in [-0.4, -0.2) is 30.0 Å². The van der Waals surface area contributed by atoms with Crippen LogP contribution in [0.4, 0.5) is 10.5 Å². The van der Waals surface area contributed by atoms with Crippen LogP contribution < -0.4 is 10.6 Å². The van der Waals surface area contributed by atoms with Gasteiger partial charge >= 0.3 is 6.03 Å². The Hall–Kier alpha value is -1.79. The molecule has 128 valence electrons. The zero-order chi connectivity index (χ0) is 16.9. The molecule has 7 heteroatoms. The third-order valence-corrected chi connectivity index (χ3v) is 5.20. The predicted molar refractivity (Wildman–Crippen MR) is 93.3 cm³/mol. The highest BCUT2D eigenvalue weighted by Gasteiger charge is 2.44. The van der Waals surface area contributed by atoms with E-state index in [9.17, 15) is 4.79 Å². The van der Waals surface area contributed by atoms with Crippen LogP contribution in [0.25, 0.3) is 11.1 Å². The van der Waals surface area contributed by atoms with Crippen molar-refractivity contribution in [3.05, 3.63) is 22.5 Å². The number of oxazole rings is 1. The molecule has 0 unspecified atom stereocenters. The van der Waals surface area contributed by atoms with E-state index in [0.29, 0.717) is 23.1 Å². The smallest absolute Gasteiger partial charge is 0.319 e. The molecule has 4 rings (SSSR count). The number of benzene rings is 1. The van der Waals surface area contributed by atoms with Crippen LogP contribution in [0, 0.1) is 0 Å². The summed E-state index contributed by atoms with van der Waals surface area (Å²) in [5.74, 6) is 0.655. The molecule has 2 N–H and O–H groups in total. The van der Waals surface area contributed by atoms with Crippen molar-refractivity contribution >= 4 is 34.4 Å². The molecule has 2 amide bonds. The Balaban J connectivity index is 1.95.